The Labute approximate surface area is 199 Å². The number of amides is 1. The van der Waals surface area contributed by atoms with Crippen molar-refractivity contribution < 1.29 is 23.5 Å². The number of benzene rings is 3. The Kier molecular flexibility index (Phi) is 7.76. The molecular formula is C27H31FN2O4. The smallest absolute Gasteiger partial charge is 0.412 e. The van der Waals surface area contributed by atoms with Crippen molar-refractivity contribution in [1.82, 2.24) is 0 Å². The van der Waals surface area contributed by atoms with Crippen LogP contribution in [0.4, 0.5) is 20.6 Å². The van der Waals surface area contributed by atoms with Gasteiger partial charge in [-0.3, -0.25) is 10.1 Å². The van der Waals surface area contributed by atoms with Crippen molar-refractivity contribution in [2.24, 2.45) is 0 Å². The minimum atomic E-state index is -0.625. The van der Waals surface area contributed by atoms with E-state index in [1.54, 1.807) is 45.0 Å². The van der Waals surface area contributed by atoms with Crippen LogP contribution in [0.2, 0.25) is 0 Å². The minimum Gasteiger partial charge on any atom is -0.469 e. The summed E-state index contributed by atoms with van der Waals surface area (Å²) < 4.78 is 24.8. The first-order valence-corrected chi connectivity index (χ1v) is 11.2. The number of anilines is 2. The fourth-order valence-electron chi connectivity index (χ4n) is 3.78. The first-order chi connectivity index (χ1) is 16.1. The highest BCUT2D eigenvalue weighted by molar-refractivity contribution is 6.05. The van der Waals surface area contributed by atoms with E-state index in [-0.39, 0.29) is 30.8 Å². The van der Waals surface area contributed by atoms with Gasteiger partial charge in [-0.25, -0.2) is 9.18 Å². The molecule has 7 heteroatoms. The van der Waals surface area contributed by atoms with Crippen molar-refractivity contribution in [1.29, 1.82) is 0 Å². The molecule has 3 aromatic rings. The molecule has 1 atom stereocenters. The quantitative estimate of drug-likeness (QED) is 0.415. The number of nitrogens with one attached hydrogen (secondary N) is 1. The monoisotopic (exact) mass is 466 g/mol. The van der Waals surface area contributed by atoms with Gasteiger partial charge >= 0.3 is 12.1 Å². The number of nitrogens with zero attached hydrogens (tertiary/aromatic N) is 1. The molecule has 0 aromatic heterocycles. The number of fused-ring (bicyclic) bond motifs is 1. The predicted molar refractivity (Wildman–Crippen MR) is 132 cm³/mol. The van der Waals surface area contributed by atoms with Crippen molar-refractivity contribution in [3.05, 3.63) is 72.0 Å². The zero-order valence-electron chi connectivity index (χ0n) is 20.2. The Hall–Kier alpha value is -3.61. The van der Waals surface area contributed by atoms with Crippen molar-refractivity contribution in [2.45, 2.75) is 52.3 Å². The minimum absolute atomic E-state index is 0.136. The average molecular weight is 467 g/mol. The van der Waals surface area contributed by atoms with E-state index in [1.165, 1.54) is 13.2 Å². The van der Waals surface area contributed by atoms with E-state index in [0.29, 0.717) is 11.3 Å². The van der Waals surface area contributed by atoms with Gasteiger partial charge in [0.2, 0.25) is 0 Å². The Morgan fingerprint density at radius 3 is 2.29 bits per heavy atom. The van der Waals surface area contributed by atoms with Crippen molar-refractivity contribution in [2.75, 3.05) is 17.3 Å². The lowest BCUT2D eigenvalue weighted by molar-refractivity contribution is -0.140. The number of halogens is 1. The predicted octanol–water partition coefficient (Wildman–Crippen LogP) is 6.28. The van der Waals surface area contributed by atoms with Crippen LogP contribution >= 0.6 is 0 Å². The van der Waals surface area contributed by atoms with Crippen molar-refractivity contribution in [3.8, 4) is 0 Å². The Bertz CT molecular complexity index is 1170. The average Bonchev–Trinajstić information content (AvgIpc) is 2.77. The molecule has 0 heterocycles. The first kappa shape index (κ1) is 25.0. The summed E-state index contributed by atoms with van der Waals surface area (Å²) in [6.45, 7) is 7.57. The lowest BCUT2D eigenvalue weighted by Gasteiger charge is -2.32. The number of carbonyl (C=O) groups excluding carboxylic acids is 2. The van der Waals surface area contributed by atoms with Crippen LogP contribution < -0.4 is 10.2 Å². The third-order valence-electron chi connectivity index (χ3n) is 5.37. The van der Waals surface area contributed by atoms with E-state index >= 15 is 0 Å². The number of esters is 1. The van der Waals surface area contributed by atoms with E-state index in [1.807, 2.05) is 42.2 Å². The zero-order valence-corrected chi connectivity index (χ0v) is 20.2. The molecular weight excluding hydrogens is 435 g/mol. The Morgan fingerprint density at radius 1 is 1.00 bits per heavy atom. The van der Waals surface area contributed by atoms with Gasteiger partial charge in [0.25, 0.3) is 0 Å². The maximum Gasteiger partial charge on any atom is 0.412 e. The molecule has 180 valence electrons. The van der Waals surface area contributed by atoms with Crippen LogP contribution in [0.25, 0.3) is 10.8 Å². The van der Waals surface area contributed by atoms with Gasteiger partial charge in [-0.2, -0.15) is 0 Å². The Morgan fingerprint density at radius 2 is 1.65 bits per heavy atom. The van der Waals surface area contributed by atoms with Gasteiger partial charge in [0.1, 0.15) is 11.4 Å². The molecule has 0 aliphatic rings. The van der Waals surface area contributed by atoms with E-state index < -0.39 is 11.7 Å². The van der Waals surface area contributed by atoms with Gasteiger partial charge in [0.15, 0.2) is 0 Å². The number of rotatable bonds is 7. The molecule has 1 N–H and O–H groups in total. The van der Waals surface area contributed by atoms with Crippen LogP contribution in [0.3, 0.4) is 0 Å². The number of hydrogen-bond donors (Lipinski definition) is 1. The number of methoxy groups -OCH3 is 1. The van der Waals surface area contributed by atoms with Gasteiger partial charge in [0.05, 0.1) is 19.2 Å². The summed E-state index contributed by atoms with van der Waals surface area (Å²) in [6, 6.07) is 17.6. The highest BCUT2D eigenvalue weighted by atomic mass is 19.1. The summed E-state index contributed by atoms with van der Waals surface area (Å²) in [5.41, 5.74) is 1.30. The fourth-order valence-corrected chi connectivity index (χ4v) is 3.78. The maximum atomic E-state index is 14.5. The maximum absolute atomic E-state index is 14.5. The molecule has 0 aliphatic heterocycles. The topological polar surface area (TPSA) is 67.9 Å². The molecule has 6 nitrogen and oxygen atoms in total. The molecule has 0 aliphatic carbocycles. The highest BCUT2D eigenvalue weighted by Crippen LogP contribution is 2.35. The largest absolute Gasteiger partial charge is 0.469 e. The van der Waals surface area contributed by atoms with Crippen LogP contribution in [0, 0.1) is 5.82 Å². The third-order valence-corrected chi connectivity index (χ3v) is 5.37. The summed E-state index contributed by atoms with van der Waals surface area (Å²) in [4.78, 5) is 26.4. The lowest BCUT2D eigenvalue weighted by atomic mass is 10.0. The first-order valence-electron chi connectivity index (χ1n) is 11.2. The molecule has 0 spiro atoms. The normalized spacial score (nSPS) is 12.2. The number of hydrogen-bond acceptors (Lipinski definition) is 5. The molecule has 3 aromatic carbocycles. The van der Waals surface area contributed by atoms with Crippen molar-refractivity contribution in [3.63, 3.8) is 0 Å². The summed E-state index contributed by atoms with van der Waals surface area (Å²) in [7, 11) is 1.35. The number of ether oxygens (including phenoxy) is 2. The molecule has 0 bridgehead atoms. The summed E-state index contributed by atoms with van der Waals surface area (Å²) >= 11 is 0. The molecule has 0 saturated carbocycles. The van der Waals surface area contributed by atoms with Gasteiger partial charge < -0.3 is 14.4 Å². The van der Waals surface area contributed by atoms with Crippen LogP contribution in [0.15, 0.2) is 60.7 Å². The van der Waals surface area contributed by atoms with Crippen LogP contribution in [-0.4, -0.2) is 30.8 Å². The van der Waals surface area contributed by atoms with Gasteiger partial charge in [0, 0.05) is 34.6 Å². The van der Waals surface area contributed by atoms with Crippen LogP contribution in [0.1, 0.15) is 39.7 Å². The standard InChI is InChI=1S/C27H31FN2O4/c1-18(16-25(31)33-5)30(17-19-10-6-9-13-22(19)28)24-15-14-23(20-11-7-8-12-21(20)24)29-26(32)34-27(2,3)4/h6-15,18H,16-17H2,1-5H3,(H,29,32). The van der Waals surface area contributed by atoms with Gasteiger partial charge in [-0.15, -0.1) is 0 Å². The lowest BCUT2D eigenvalue weighted by Crippen LogP contribution is -2.35. The van der Waals surface area contributed by atoms with E-state index in [2.05, 4.69) is 5.32 Å². The summed E-state index contributed by atoms with van der Waals surface area (Å²) in [6.07, 6.45) is -0.412. The second-order valence-corrected chi connectivity index (χ2v) is 9.15. The second kappa shape index (κ2) is 10.5. The molecule has 1 unspecified atom stereocenters. The highest BCUT2D eigenvalue weighted by Gasteiger charge is 2.23. The molecule has 0 saturated heterocycles. The van der Waals surface area contributed by atoms with E-state index in [9.17, 15) is 14.0 Å². The molecule has 0 radical (unpaired) electrons. The zero-order chi connectivity index (χ0) is 24.9. The van der Waals surface area contributed by atoms with E-state index in [4.69, 9.17) is 9.47 Å². The number of carbonyl (C=O) groups is 2. The molecule has 3 rings (SSSR count). The SMILES string of the molecule is COC(=O)CC(C)N(Cc1ccccc1F)c1ccc(NC(=O)OC(C)(C)C)c2ccccc12. The van der Waals surface area contributed by atoms with Crippen LogP contribution in [0.5, 0.6) is 0 Å². The fraction of sp³-hybridized carbons (Fsp3) is 0.333. The van der Waals surface area contributed by atoms with E-state index in [0.717, 1.165) is 16.5 Å². The van der Waals surface area contributed by atoms with Crippen molar-refractivity contribution >= 4 is 34.2 Å². The van der Waals surface area contributed by atoms with Gasteiger partial charge in [-0.05, 0) is 45.9 Å². The Balaban J connectivity index is 2.05. The molecule has 0 fully saturated rings. The summed E-state index contributed by atoms with van der Waals surface area (Å²) in [5.74, 6) is -0.663. The third kappa shape index (κ3) is 6.25. The second-order valence-electron chi connectivity index (χ2n) is 9.15. The molecule has 34 heavy (non-hydrogen) atoms. The van der Waals surface area contributed by atoms with Gasteiger partial charge in [-0.1, -0.05) is 42.5 Å². The van der Waals surface area contributed by atoms with Crippen LogP contribution in [-0.2, 0) is 20.8 Å². The summed E-state index contributed by atoms with van der Waals surface area (Å²) in [5, 5.41) is 4.47. The molecule has 1 amide bonds.